The predicted octanol–water partition coefficient (Wildman–Crippen LogP) is 3.83. The first-order valence-corrected chi connectivity index (χ1v) is 8.08. The smallest absolute Gasteiger partial charge is 0.215 e. The molecule has 0 aliphatic carbocycles. The van der Waals surface area contributed by atoms with Gasteiger partial charge in [-0.1, -0.05) is 6.07 Å². The van der Waals surface area contributed by atoms with Gasteiger partial charge in [0.15, 0.2) is 5.76 Å². The summed E-state index contributed by atoms with van der Waals surface area (Å²) in [5.74, 6) is 0.479. The lowest BCUT2D eigenvalue weighted by Gasteiger charge is -2.09. The number of phenols is 1. The van der Waals surface area contributed by atoms with Crippen LogP contribution in [-0.4, -0.2) is 25.7 Å². The van der Waals surface area contributed by atoms with Gasteiger partial charge in [-0.15, -0.1) is 5.10 Å². The number of nitrogens with one attached hydrogen (secondary N) is 2. The van der Waals surface area contributed by atoms with E-state index in [4.69, 9.17) is 4.42 Å². The number of tetrazole rings is 1. The molecular weight excluding hydrogens is 393 g/mol. The van der Waals surface area contributed by atoms with Gasteiger partial charge in [0.1, 0.15) is 17.1 Å². The van der Waals surface area contributed by atoms with Crippen molar-refractivity contribution in [3.05, 3.63) is 52.3 Å². The largest absolute Gasteiger partial charge is 0.507 e. The highest BCUT2D eigenvalue weighted by Gasteiger charge is 2.15. The Morgan fingerprint density at radius 2 is 2.12 bits per heavy atom. The molecule has 0 aliphatic heterocycles. The molecule has 4 aromatic rings. The van der Waals surface area contributed by atoms with Gasteiger partial charge in [0, 0.05) is 17.8 Å². The molecule has 0 bridgehead atoms. The van der Waals surface area contributed by atoms with Crippen molar-refractivity contribution < 1.29 is 13.9 Å². The monoisotopic (exact) mass is 403 g/mol. The first kappa shape index (κ1) is 15.6. The van der Waals surface area contributed by atoms with Crippen molar-refractivity contribution in [2.45, 2.75) is 6.54 Å². The van der Waals surface area contributed by atoms with Crippen molar-refractivity contribution in [1.82, 2.24) is 20.6 Å². The van der Waals surface area contributed by atoms with Gasteiger partial charge in [-0.05, 0) is 56.7 Å². The van der Waals surface area contributed by atoms with E-state index in [9.17, 15) is 9.50 Å². The molecule has 2 aromatic carbocycles. The zero-order valence-electron chi connectivity index (χ0n) is 12.6. The number of rotatable bonds is 4. The topological polar surface area (TPSA) is 99.9 Å². The second-order valence-corrected chi connectivity index (χ2v) is 6.19. The summed E-state index contributed by atoms with van der Waals surface area (Å²) in [4.78, 5) is 0. The van der Waals surface area contributed by atoms with E-state index in [2.05, 4.69) is 41.9 Å². The fourth-order valence-electron chi connectivity index (χ4n) is 2.45. The molecule has 2 heterocycles. The van der Waals surface area contributed by atoms with Crippen LogP contribution in [0.4, 0.5) is 10.1 Å². The minimum Gasteiger partial charge on any atom is -0.507 e. The third kappa shape index (κ3) is 2.93. The van der Waals surface area contributed by atoms with E-state index in [0.717, 1.165) is 5.69 Å². The number of H-pyrrole nitrogens is 1. The van der Waals surface area contributed by atoms with Crippen LogP contribution in [-0.2, 0) is 6.54 Å². The number of halogens is 2. The number of anilines is 1. The molecule has 0 radical (unpaired) electrons. The highest BCUT2D eigenvalue weighted by atomic mass is 79.9. The van der Waals surface area contributed by atoms with E-state index in [1.807, 2.05) is 0 Å². The van der Waals surface area contributed by atoms with Gasteiger partial charge in [-0.25, -0.2) is 9.49 Å². The molecule has 0 fully saturated rings. The molecule has 0 saturated carbocycles. The molecule has 0 atom stereocenters. The first-order chi connectivity index (χ1) is 12.1. The number of aromatic amines is 1. The summed E-state index contributed by atoms with van der Waals surface area (Å²) < 4.78 is 20.9. The standard InChI is InChI=1S/C16H11BrFN5O2/c17-11-5-9(2-3-12(11)24)19-7-8-1-4-13-10(15(8)18)6-14(25-13)16-20-22-23-21-16/h1-6,19,24H,7H2,(H,20,21,22,23). The van der Waals surface area contributed by atoms with Crippen molar-refractivity contribution in [2.24, 2.45) is 0 Å². The highest BCUT2D eigenvalue weighted by molar-refractivity contribution is 9.10. The Morgan fingerprint density at radius 3 is 2.88 bits per heavy atom. The Kier molecular flexibility index (Phi) is 3.85. The maximum Gasteiger partial charge on any atom is 0.215 e. The van der Waals surface area contributed by atoms with Gasteiger partial charge in [0.2, 0.25) is 5.82 Å². The van der Waals surface area contributed by atoms with Crippen molar-refractivity contribution in [3.63, 3.8) is 0 Å². The first-order valence-electron chi connectivity index (χ1n) is 7.29. The maximum atomic E-state index is 14.8. The van der Waals surface area contributed by atoms with Gasteiger partial charge >= 0.3 is 0 Å². The van der Waals surface area contributed by atoms with Crippen LogP contribution in [0.2, 0.25) is 0 Å². The summed E-state index contributed by atoms with van der Waals surface area (Å²) in [6.07, 6.45) is 0. The number of aromatic hydroxyl groups is 1. The van der Waals surface area contributed by atoms with Crippen LogP contribution in [0.5, 0.6) is 5.75 Å². The Balaban J connectivity index is 1.61. The number of fused-ring (bicyclic) bond motifs is 1. The van der Waals surface area contributed by atoms with Crippen molar-refractivity contribution in [3.8, 4) is 17.3 Å². The lowest BCUT2D eigenvalue weighted by Crippen LogP contribution is -2.01. The van der Waals surface area contributed by atoms with Crippen LogP contribution in [0.25, 0.3) is 22.6 Å². The van der Waals surface area contributed by atoms with Crippen LogP contribution in [0.15, 0.2) is 45.3 Å². The molecule has 0 aliphatic rings. The number of phenolic OH excluding ortho intramolecular Hbond substituents is 1. The average molecular weight is 404 g/mol. The van der Waals surface area contributed by atoms with Gasteiger partial charge in [-0.3, -0.25) is 0 Å². The molecule has 3 N–H and O–H groups in total. The number of furan rings is 1. The minimum atomic E-state index is -0.370. The van der Waals surface area contributed by atoms with Gasteiger partial charge in [-0.2, -0.15) is 0 Å². The Hall–Kier alpha value is -2.94. The Labute approximate surface area is 149 Å². The highest BCUT2D eigenvalue weighted by Crippen LogP contribution is 2.30. The lowest BCUT2D eigenvalue weighted by molar-refractivity contribution is 0.472. The summed E-state index contributed by atoms with van der Waals surface area (Å²) in [5, 5.41) is 26.3. The van der Waals surface area contributed by atoms with Crippen LogP contribution in [0.3, 0.4) is 0 Å². The van der Waals surface area contributed by atoms with E-state index in [-0.39, 0.29) is 18.1 Å². The van der Waals surface area contributed by atoms with Gasteiger partial charge in [0.05, 0.1) is 9.86 Å². The molecule has 2 aromatic heterocycles. The average Bonchev–Trinajstić information content (AvgIpc) is 3.26. The van der Waals surface area contributed by atoms with Crippen molar-refractivity contribution in [2.75, 3.05) is 5.32 Å². The summed E-state index contributed by atoms with van der Waals surface area (Å²) in [5.41, 5.74) is 1.66. The molecule has 0 amide bonds. The lowest BCUT2D eigenvalue weighted by atomic mass is 10.1. The summed E-state index contributed by atoms with van der Waals surface area (Å²) >= 11 is 3.25. The normalized spacial score (nSPS) is 11.1. The molecule has 4 rings (SSSR count). The maximum absolute atomic E-state index is 14.8. The Morgan fingerprint density at radius 1 is 1.24 bits per heavy atom. The zero-order valence-corrected chi connectivity index (χ0v) is 14.2. The second kappa shape index (κ2) is 6.17. The SMILES string of the molecule is Oc1ccc(NCc2ccc3oc(-c4nnn[nH]4)cc3c2F)cc1Br. The fraction of sp³-hybridized carbons (Fsp3) is 0.0625. The summed E-state index contributed by atoms with van der Waals surface area (Å²) in [6.45, 7) is 0.281. The van der Waals surface area contributed by atoms with E-state index in [1.54, 1.807) is 36.4 Å². The minimum absolute atomic E-state index is 0.144. The number of hydrogen-bond acceptors (Lipinski definition) is 6. The van der Waals surface area contributed by atoms with E-state index in [1.165, 1.54) is 0 Å². The summed E-state index contributed by atoms with van der Waals surface area (Å²) in [6, 6.07) is 9.91. The third-order valence-corrected chi connectivity index (χ3v) is 4.36. The molecule has 0 spiro atoms. The van der Waals surface area contributed by atoms with Gasteiger partial charge < -0.3 is 14.8 Å². The number of aromatic nitrogens is 4. The molecule has 126 valence electrons. The molecule has 0 saturated heterocycles. The van der Waals surface area contributed by atoms with Crippen molar-refractivity contribution in [1.29, 1.82) is 0 Å². The Bertz CT molecular complexity index is 1050. The van der Waals surface area contributed by atoms with E-state index >= 15 is 0 Å². The quantitative estimate of drug-likeness (QED) is 0.447. The third-order valence-electron chi connectivity index (χ3n) is 3.72. The van der Waals surface area contributed by atoms with Crippen LogP contribution >= 0.6 is 15.9 Å². The number of nitrogens with zero attached hydrogens (tertiary/aromatic N) is 3. The van der Waals surface area contributed by atoms with Crippen LogP contribution < -0.4 is 5.32 Å². The molecule has 0 unspecified atom stereocenters. The van der Waals surface area contributed by atoms with Crippen LogP contribution in [0.1, 0.15) is 5.56 Å². The van der Waals surface area contributed by atoms with Crippen molar-refractivity contribution >= 4 is 32.6 Å². The fourth-order valence-corrected chi connectivity index (χ4v) is 2.83. The molecule has 25 heavy (non-hydrogen) atoms. The molecule has 7 nitrogen and oxygen atoms in total. The van der Waals surface area contributed by atoms with Gasteiger partial charge in [0.25, 0.3) is 0 Å². The molecule has 9 heteroatoms. The number of hydrogen-bond donors (Lipinski definition) is 3. The van der Waals surface area contributed by atoms with E-state index < -0.39 is 0 Å². The van der Waals surface area contributed by atoms with Crippen LogP contribution in [0, 0.1) is 5.82 Å². The summed E-state index contributed by atoms with van der Waals surface area (Å²) in [7, 11) is 0. The number of benzene rings is 2. The van der Waals surface area contributed by atoms with E-state index in [0.29, 0.717) is 32.6 Å². The predicted molar refractivity (Wildman–Crippen MR) is 92.5 cm³/mol. The zero-order chi connectivity index (χ0) is 17.4. The molecular formula is C16H11BrFN5O2. The second-order valence-electron chi connectivity index (χ2n) is 5.33.